The minimum atomic E-state index is -0.372. The van der Waals surface area contributed by atoms with Gasteiger partial charge in [0.15, 0.2) is 0 Å². The van der Waals surface area contributed by atoms with Crippen molar-refractivity contribution in [2.24, 2.45) is 0 Å². The molecule has 0 aliphatic rings. The minimum absolute atomic E-state index is 0.372. The second-order valence-corrected chi connectivity index (χ2v) is 5.04. The molecular weight excluding hydrogens is 226 g/mol. The van der Waals surface area contributed by atoms with Crippen LogP contribution in [0.5, 0.6) is 0 Å². The lowest BCUT2D eigenvalue weighted by atomic mass is 10.1. The fourth-order valence-corrected chi connectivity index (χ4v) is 2.01. The lowest BCUT2D eigenvalue weighted by molar-refractivity contribution is 0.143. The number of unbranched alkanes of at least 4 members (excludes halogenated alkanes) is 3. The van der Waals surface area contributed by atoms with Gasteiger partial charge in [-0.1, -0.05) is 32.6 Å². The smallest absolute Gasteiger partial charge is 0.0860 e. The van der Waals surface area contributed by atoms with E-state index in [0.29, 0.717) is 19.1 Å². The molecule has 0 aromatic carbocycles. The van der Waals surface area contributed by atoms with Crippen LogP contribution in [0.1, 0.15) is 46.0 Å². The lowest BCUT2D eigenvalue weighted by Crippen LogP contribution is -2.35. The van der Waals surface area contributed by atoms with Crippen molar-refractivity contribution in [3.05, 3.63) is 18.5 Å². The number of hydrogen-bond donors (Lipinski definition) is 2. The summed E-state index contributed by atoms with van der Waals surface area (Å²) in [5.41, 5.74) is 0. The van der Waals surface area contributed by atoms with Crippen LogP contribution in [-0.4, -0.2) is 33.6 Å². The monoisotopic (exact) mass is 253 g/mol. The number of rotatable bonds is 10. The third kappa shape index (κ3) is 6.77. The van der Waals surface area contributed by atoms with Crippen molar-refractivity contribution >= 4 is 0 Å². The molecule has 0 radical (unpaired) electrons. The summed E-state index contributed by atoms with van der Waals surface area (Å²) >= 11 is 0. The largest absolute Gasteiger partial charge is 0.390 e. The van der Waals surface area contributed by atoms with E-state index < -0.39 is 0 Å². The summed E-state index contributed by atoms with van der Waals surface area (Å²) in [6.45, 7) is 5.61. The Bertz CT molecular complexity index is 287. The van der Waals surface area contributed by atoms with E-state index in [-0.39, 0.29) is 6.10 Å². The molecule has 0 aliphatic heterocycles. The highest BCUT2D eigenvalue weighted by molar-refractivity contribution is 4.79. The highest BCUT2D eigenvalue weighted by atomic mass is 16.3. The molecule has 104 valence electrons. The van der Waals surface area contributed by atoms with Crippen LogP contribution in [0, 0.1) is 0 Å². The average Bonchev–Trinajstić information content (AvgIpc) is 2.85. The van der Waals surface area contributed by atoms with Crippen molar-refractivity contribution in [1.29, 1.82) is 0 Å². The summed E-state index contributed by atoms with van der Waals surface area (Å²) in [5.74, 6) is 0. The highest BCUT2D eigenvalue weighted by Gasteiger charge is 2.07. The first kappa shape index (κ1) is 15.2. The van der Waals surface area contributed by atoms with Crippen molar-refractivity contribution in [1.82, 2.24) is 15.1 Å². The zero-order chi connectivity index (χ0) is 13.2. The summed E-state index contributed by atoms with van der Waals surface area (Å²) < 4.78 is 1.76. The molecule has 2 atom stereocenters. The van der Waals surface area contributed by atoms with E-state index in [9.17, 15) is 5.11 Å². The predicted molar refractivity (Wildman–Crippen MR) is 74.5 cm³/mol. The third-order valence-electron chi connectivity index (χ3n) is 3.15. The molecule has 4 nitrogen and oxygen atoms in total. The number of nitrogens with one attached hydrogen (secondary N) is 1. The Morgan fingerprint density at radius 1 is 1.33 bits per heavy atom. The molecule has 2 unspecified atom stereocenters. The molecule has 0 fully saturated rings. The average molecular weight is 253 g/mol. The second kappa shape index (κ2) is 9.11. The summed E-state index contributed by atoms with van der Waals surface area (Å²) in [7, 11) is 0. The van der Waals surface area contributed by atoms with Crippen molar-refractivity contribution < 1.29 is 5.11 Å². The van der Waals surface area contributed by atoms with Crippen LogP contribution in [0.3, 0.4) is 0 Å². The Balaban J connectivity index is 2.04. The molecule has 0 spiro atoms. The Morgan fingerprint density at radius 2 is 2.17 bits per heavy atom. The van der Waals surface area contributed by atoms with Crippen LogP contribution in [0.4, 0.5) is 0 Å². The summed E-state index contributed by atoms with van der Waals surface area (Å²) in [4.78, 5) is 0. The number of aliphatic hydroxyl groups is 1. The van der Waals surface area contributed by atoms with Gasteiger partial charge in [-0.05, 0) is 19.4 Å². The molecule has 0 bridgehead atoms. The van der Waals surface area contributed by atoms with Gasteiger partial charge in [-0.15, -0.1) is 0 Å². The molecule has 1 aromatic heterocycles. The molecule has 0 saturated carbocycles. The van der Waals surface area contributed by atoms with E-state index in [4.69, 9.17) is 0 Å². The lowest BCUT2D eigenvalue weighted by Gasteiger charge is -2.17. The van der Waals surface area contributed by atoms with Gasteiger partial charge < -0.3 is 10.4 Å². The van der Waals surface area contributed by atoms with Gasteiger partial charge in [0.25, 0.3) is 0 Å². The molecule has 1 rings (SSSR count). The van der Waals surface area contributed by atoms with E-state index in [1.807, 2.05) is 12.3 Å². The van der Waals surface area contributed by atoms with Crippen LogP contribution < -0.4 is 5.32 Å². The zero-order valence-electron chi connectivity index (χ0n) is 11.7. The molecule has 18 heavy (non-hydrogen) atoms. The first-order valence-electron chi connectivity index (χ1n) is 7.11. The maximum Gasteiger partial charge on any atom is 0.0860 e. The Kier molecular flexibility index (Phi) is 7.69. The SMILES string of the molecule is CCCCCCC(C)NCC(O)Cn1cccn1. The fraction of sp³-hybridized carbons (Fsp3) is 0.786. The van der Waals surface area contributed by atoms with E-state index in [0.717, 1.165) is 0 Å². The second-order valence-electron chi connectivity index (χ2n) is 5.04. The molecule has 0 aliphatic carbocycles. The van der Waals surface area contributed by atoms with Gasteiger partial charge >= 0.3 is 0 Å². The Morgan fingerprint density at radius 3 is 2.83 bits per heavy atom. The maximum atomic E-state index is 9.86. The molecule has 4 heteroatoms. The highest BCUT2D eigenvalue weighted by Crippen LogP contribution is 2.05. The maximum absolute atomic E-state index is 9.86. The van der Waals surface area contributed by atoms with Gasteiger partial charge in [0.05, 0.1) is 12.6 Å². The zero-order valence-corrected chi connectivity index (χ0v) is 11.7. The van der Waals surface area contributed by atoms with Crippen LogP contribution in [-0.2, 0) is 6.54 Å². The third-order valence-corrected chi connectivity index (χ3v) is 3.15. The number of aromatic nitrogens is 2. The van der Waals surface area contributed by atoms with E-state index in [2.05, 4.69) is 24.3 Å². The van der Waals surface area contributed by atoms with Gasteiger partial charge in [-0.3, -0.25) is 4.68 Å². The minimum Gasteiger partial charge on any atom is -0.390 e. The molecule has 0 amide bonds. The van der Waals surface area contributed by atoms with E-state index in [1.54, 1.807) is 10.9 Å². The van der Waals surface area contributed by atoms with Crippen molar-refractivity contribution in [2.45, 2.75) is 64.6 Å². The molecule has 2 N–H and O–H groups in total. The molecular formula is C14H27N3O. The van der Waals surface area contributed by atoms with Crippen molar-refractivity contribution in [3.63, 3.8) is 0 Å². The predicted octanol–water partition coefficient (Wildman–Crippen LogP) is 2.19. The first-order valence-corrected chi connectivity index (χ1v) is 7.11. The van der Waals surface area contributed by atoms with Gasteiger partial charge in [-0.2, -0.15) is 5.10 Å². The number of hydrogen-bond acceptors (Lipinski definition) is 3. The van der Waals surface area contributed by atoms with Crippen LogP contribution in [0.15, 0.2) is 18.5 Å². The molecule has 0 saturated heterocycles. The standard InChI is InChI=1S/C14H27N3O/c1-3-4-5-6-8-13(2)15-11-14(18)12-17-10-7-9-16-17/h7,9-10,13-15,18H,3-6,8,11-12H2,1-2H3. The van der Waals surface area contributed by atoms with Crippen LogP contribution >= 0.6 is 0 Å². The molecule has 1 heterocycles. The normalized spacial score (nSPS) is 14.6. The first-order chi connectivity index (χ1) is 8.72. The molecule has 1 aromatic rings. The van der Waals surface area contributed by atoms with Crippen LogP contribution in [0.2, 0.25) is 0 Å². The van der Waals surface area contributed by atoms with Gasteiger partial charge in [0, 0.05) is 25.0 Å². The van der Waals surface area contributed by atoms with Gasteiger partial charge in [0.1, 0.15) is 0 Å². The van der Waals surface area contributed by atoms with Crippen molar-refractivity contribution in [3.8, 4) is 0 Å². The van der Waals surface area contributed by atoms with Crippen molar-refractivity contribution in [2.75, 3.05) is 6.54 Å². The van der Waals surface area contributed by atoms with Crippen LogP contribution in [0.25, 0.3) is 0 Å². The number of aliphatic hydroxyl groups excluding tert-OH is 1. The quantitative estimate of drug-likeness (QED) is 0.628. The summed E-state index contributed by atoms with van der Waals surface area (Å²) in [5, 5.41) is 17.3. The summed E-state index contributed by atoms with van der Waals surface area (Å²) in [6, 6.07) is 2.35. The van der Waals surface area contributed by atoms with Gasteiger partial charge in [0.2, 0.25) is 0 Å². The van der Waals surface area contributed by atoms with Gasteiger partial charge in [-0.25, -0.2) is 0 Å². The van der Waals surface area contributed by atoms with E-state index in [1.165, 1.54) is 32.1 Å². The fourth-order valence-electron chi connectivity index (χ4n) is 2.01. The summed E-state index contributed by atoms with van der Waals surface area (Å²) in [6.07, 6.45) is 9.62. The number of nitrogens with zero attached hydrogens (tertiary/aromatic N) is 2. The Labute approximate surface area is 110 Å². The topological polar surface area (TPSA) is 50.1 Å². The van der Waals surface area contributed by atoms with E-state index >= 15 is 0 Å². The Hall–Kier alpha value is -0.870.